The van der Waals surface area contributed by atoms with Gasteiger partial charge in [-0.25, -0.2) is 0 Å². The lowest BCUT2D eigenvalue weighted by Gasteiger charge is -2.59. The molecule has 0 aromatic heterocycles. The monoisotopic (exact) mass is 516 g/mol. The Bertz CT molecular complexity index is 1160. The van der Waals surface area contributed by atoms with Crippen LogP contribution in [0.15, 0.2) is 24.3 Å². The van der Waals surface area contributed by atoms with Crippen LogP contribution in [0.1, 0.15) is 88.2 Å². The number of ether oxygens (including phenoxy) is 2. The molecule has 8 aliphatic rings. The minimum absolute atomic E-state index is 0.0389. The second kappa shape index (κ2) is 8.86. The third kappa shape index (κ3) is 3.69. The van der Waals surface area contributed by atoms with Crippen LogP contribution in [0.2, 0.25) is 0 Å². The molecule has 8 aliphatic carbocycles. The van der Waals surface area contributed by atoms with Crippen LogP contribution in [0.5, 0.6) is 11.5 Å². The van der Waals surface area contributed by atoms with Gasteiger partial charge in [-0.05, 0) is 153 Å². The number of benzene rings is 2. The first-order chi connectivity index (χ1) is 18.6. The van der Waals surface area contributed by atoms with Crippen molar-refractivity contribution in [2.45, 2.75) is 87.9 Å². The largest absolute Gasteiger partial charge is 0.491 e. The van der Waals surface area contributed by atoms with Crippen molar-refractivity contribution < 1.29 is 19.7 Å². The van der Waals surface area contributed by atoms with E-state index in [0.29, 0.717) is 13.2 Å². The van der Waals surface area contributed by atoms with Gasteiger partial charge >= 0.3 is 0 Å². The van der Waals surface area contributed by atoms with E-state index < -0.39 is 0 Å². The normalized spacial score (nSPS) is 40.3. The lowest BCUT2D eigenvalue weighted by Crippen LogP contribution is -2.50. The second-order valence-corrected chi connectivity index (χ2v) is 14.5. The van der Waals surface area contributed by atoms with Gasteiger partial charge in [0, 0.05) is 11.0 Å². The summed E-state index contributed by atoms with van der Waals surface area (Å²) >= 11 is 0. The average molecular weight is 517 g/mol. The van der Waals surface area contributed by atoms with Crippen molar-refractivity contribution in [1.82, 2.24) is 0 Å². The Morgan fingerprint density at radius 2 is 1.13 bits per heavy atom. The molecule has 38 heavy (non-hydrogen) atoms. The molecule has 8 saturated carbocycles. The van der Waals surface area contributed by atoms with E-state index in [0.717, 1.165) is 47.0 Å². The summed E-state index contributed by atoms with van der Waals surface area (Å²) in [6, 6.07) is 9.08. The highest BCUT2D eigenvalue weighted by Gasteiger charge is 2.55. The maximum absolute atomic E-state index is 9.73. The first-order valence-corrected chi connectivity index (χ1v) is 15.7. The van der Waals surface area contributed by atoms with Gasteiger partial charge in [-0.15, -0.1) is 0 Å². The molecule has 8 bridgehead atoms. The summed E-state index contributed by atoms with van der Waals surface area (Å²) in [6.07, 6.45) is 16.5. The van der Waals surface area contributed by atoms with Crippen molar-refractivity contribution in [3.05, 3.63) is 35.4 Å². The zero-order chi connectivity index (χ0) is 25.5. The summed E-state index contributed by atoms with van der Waals surface area (Å²) in [6.45, 7) is 0.784. The third-order valence-corrected chi connectivity index (χ3v) is 11.9. The molecule has 0 amide bonds. The molecular weight excluding hydrogens is 472 g/mol. The van der Waals surface area contributed by atoms with E-state index in [1.807, 2.05) is 0 Å². The molecule has 0 aliphatic heterocycles. The maximum atomic E-state index is 9.73. The number of rotatable bonds is 8. The summed E-state index contributed by atoms with van der Waals surface area (Å²) in [5.41, 5.74) is 3.45. The van der Waals surface area contributed by atoms with Crippen molar-refractivity contribution in [2.24, 2.45) is 35.5 Å². The Hall–Kier alpha value is -1.78. The Kier molecular flexibility index (Phi) is 5.61. The Labute approximate surface area is 227 Å². The minimum atomic E-state index is 0.0389. The van der Waals surface area contributed by atoms with Crippen LogP contribution in [0.25, 0.3) is 10.8 Å². The quantitative estimate of drug-likeness (QED) is 0.420. The molecule has 10 rings (SSSR count). The molecule has 8 fully saturated rings. The summed E-state index contributed by atoms with van der Waals surface area (Å²) in [5.74, 6) is 7.13. The van der Waals surface area contributed by atoms with Crippen LogP contribution in [-0.2, 0) is 10.8 Å². The van der Waals surface area contributed by atoms with Gasteiger partial charge in [0.05, 0.1) is 13.2 Å². The van der Waals surface area contributed by atoms with E-state index >= 15 is 0 Å². The number of fused-ring (bicyclic) bond motifs is 1. The standard InChI is InChI=1S/C34H44O4/c35-3-5-37-28-13-27-1-2-30(38-6-4-36)32(34-18-24-10-25(19-34)12-26(11-24)20-34)31(27)29(14-28)33-15-21-7-22(16-33)9-23(8-21)17-33/h1-2,13-14,21-26,35-36H,3-12,15-20H2. The molecule has 0 saturated heterocycles. The predicted octanol–water partition coefficient (Wildman–Crippen LogP) is 6.52. The van der Waals surface area contributed by atoms with Crippen LogP contribution < -0.4 is 9.47 Å². The van der Waals surface area contributed by atoms with Crippen molar-refractivity contribution in [1.29, 1.82) is 0 Å². The van der Waals surface area contributed by atoms with Gasteiger partial charge < -0.3 is 19.7 Å². The molecule has 0 atom stereocenters. The fourth-order valence-corrected chi connectivity index (χ4v) is 11.7. The maximum Gasteiger partial charge on any atom is 0.123 e. The summed E-state index contributed by atoms with van der Waals surface area (Å²) in [7, 11) is 0. The molecule has 4 heteroatoms. The molecule has 2 aromatic carbocycles. The second-order valence-electron chi connectivity index (χ2n) is 14.5. The lowest BCUT2D eigenvalue weighted by molar-refractivity contribution is -0.00764. The molecule has 0 radical (unpaired) electrons. The van der Waals surface area contributed by atoms with Crippen LogP contribution in [0.3, 0.4) is 0 Å². The van der Waals surface area contributed by atoms with E-state index in [-0.39, 0.29) is 24.0 Å². The third-order valence-electron chi connectivity index (χ3n) is 11.9. The number of aliphatic hydroxyl groups is 2. The summed E-state index contributed by atoms with van der Waals surface area (Å²) in [4.78, 5) is 0. The van der Waals surface area contributed by atoms with Crippen molar-refractivity contribution in [2.75, 3.05) is 26.4 Å². The van der Waals surface area contributed by atoms with Gasteiger partial charge in [0.15, 0.2) is 0 Å². The zero-order valence-electron chi connectivity index (χ0n) is 22.8. The fourth-order valence-electron chi connectivity index (χ4n) is 11.7. The van der Waals surface area contributed by atoms with E-state index in [1.165, 1.54) is 98.9 Å². The van der Waals surface area contributed by atoms with Gasteiger partial charge in [-0.2, -0.15) is 0 Å². The first-order valence-electron chi connectivity index (χ1n) is 15.7. The van der Waals surface area contributed by atoms with Crippen molar-refractivity contribution in [3.63, 3.8) is 0 Å². The van der Waals surface area contributed by atoms with E-state index in [4.69, 9.17) is 9.47 Å². The smallest absolute Gasteiger partial charge is 0.123 e. The van der Waals surface area contributed by atoms with Crippen LogP contribution in [-0.4, -0.2) is 36.6 Å². The molecule has 0 spiro atoms. The van der Waals surface area contributed by atoms with Crippen LogP contribution >= 0.6 is 0 Å². The molecular formula is C34H44O4. The molecule has 4 nitrogen and oxygen atoms in total. The zero-order valence-corrected chi connectivity index (χ0v) is 22.8. The topological polar surface area (TPSA) is 58.9 Å². The summed E-state index contributed by atoms with van der Waals surface area (Å²) in [5, 5.41) is 22.0. The number of hydrogen-bond donors (Lipinski definition) is 2. The molecule has 2 N–H and O–H groups in total. The highest BCUT2D eigenvalue weighted by atomic mass is 16.5. The van der Waals surface area contributed by atoms with E-state index in [2.05, 4.69) is 24.3 Å². The highest BCUT2D eigenvalue weighted by Crippen LogP contribution is 2.66. The highest BCUT2D eigenvalue weighted by molar-refractivity contribution is 5.94. The Morgan fingerprint density at radius 3 is 1.66 bits per heavy atom. The first kappa shape index (κ1) is 24.1. The molecule has 2 aromatic rings. The molecule has 0 heterocycles. The van der Waals surface area contributed by atoms with Gasteiger partial charge in [0.2, 0.25) is 0 Å². The van der Waals surface area contributed by atoms with Gasteiger partial charge in [-0.1, -0.05) is 6.07 Å². The van der Waals surface area contributed by atoms with E-state index in [9.17, 15) is 10.2 Å². The van der Waals surface area contributed by atoms with Crippen LogP contribution in [0, 0.1) is 35.5 Å². The SMILES string of the molecule is OCCOc1cc(C23CC4CC(CC(C4)C2)C3)c2c(C34CC5CC(CC(C5)C3)C4)c(OCCO)ccc2c1. The van der Waals surface area contributed by atoms with Gasteiger partial charge in [-0.3, -0.25) is 0 Å². The Balaban J connectivity index is 1.37. The van der Waals surface area contributed by atoms with Crippen molar-refractivity contribution >= 4 is 10.8 Å². The van der Waals surface area contributed by atoms with Crippen molar-refractivity contribution in [3.8, 4) is 11.5 Å². The molecule has 204 valence electrons. The number of hydrogen-bond acceptors (Lipinski definition) is 4. The summed E-state index contributed by atoms with van der Waals surface area (Å²) < 4.78 is 12.6. The lowest BCUT2D eigenvalue weighted by atomic mass is 9.46. The van der Waals surface area contributed by atoms with E-state index in [1.54, 1.807) is 0 Å². The predicted molar refractivity (Wildman–Crippen MR) is 149 cm³/mol. The average Bonchev–Trinajstić information content (AvgIpc) is 2.88. The van der Waals surface area contributed by atoms with Crippen LogP contribution in [0.4, 0.5) is 0 Å². The fraction of sp³-hybridized carbons (Fsp3) is 0.706. The minimum Gasteiger partial charge on any atom is -0.491 e. The van der Waals surface area contributed by atoms with Gasteiger partial charge in [0.1, 0.15) is 24.7 Å². The molecule has 0 unspecified atom stereocenters. The van der Waals surface area contributed by atoms with Gasteiger partial charge in [0.25, 0.3) is 0 Å². The number of aliphatic hydroxyl groups excluding tert-OH is 2. The Morgan fingerprint density at radius 1 is 0.632 bits per heavy atom.